The number of ether oxygens (including phenoxy) is 1. The number of amides is 5. The van der Waals surface area contributed by atoms with Crippen molar-refractivity contribution < 1.29 is 23.9 Å². The summed E-state index contributed by atoms with van der Waals surface area (Å²) in [6.45, 7) is 0.0208. The van der Waals surface area contributed by atoms with Crippen LogP contribution in [0.3, 0.4) is 0 Å². The van der Waals surface area contributed by atoms with Gasteiger partial charge in [-0.15, -0.1) is 0 Å². The maximum atomic E-state index is 12.4. The molecule has 1 N–H and O–H groups in total. The molecule has 3 rings (SSSR count). The van der Waals surface area contributed by atoms with Gasteiger partial charge in [0.25, 0.3) is 0 Å². The Balaban J connectivity index is 1.46. The molecule has 1 aromatic rings. The summed E-state index contributed by atoms with van der Waals surface area (Å²) in [5.41, 5.74) is 0. The van der Waals surface area contributed by atoms with Crippen LogP contribution in [0.25, 0.3) is 0 Å². The van der Waals surface area contributed by atoms with Gasteiger partial charge >= 0.3 is 17.8 Å². The summed E-state index contributed by atoms with van der Waals surface area (Å²) in [4.78, 5) is 50.2. The number of carbonyl (C=O) groups is 4. The molecule has 8 nitrogen and oxygen atoms in total. The molecule has 2 aliphatic rings. The van der Waals surface area contributed by atoms with Crippen molar-refractivity contribution in [2.24, 2.45) is 0 Å². The van der Waals surface area contributed by atoms with Crippen molar-refractivity contribution in [3.05, 3.63) is 30.3 Å². The Labute approximate surface area is 151 Å². The first-order chi connectivity index (χ1) is 12.6. The lowest BCUT2D eigenvalue weighted by Crippen LogP contribution is -2.43. The number of rotatable bonds is 7. The number of para-hydroxylation sites is 1. The van der Waals surface area contributed by atoms with Gasteiger partial charge < -0.3 is 10.1 Å². The molecule has 8 heteroatoms. The molecular weight excluding hydrogens is 338 g/mol. The highest BCUT2D eigenvalue weighted by molar-refractivity contribution is 6.45. The van der Waals surface area contributed by atoms with Crippen molar-refractivity contribution in [2.75, 3.05) is 19.7 Å². The van der Waals surface area contributed by atoms with Gasteiger partial charge in [-0.1, -0.05) is 31.0 Å². The number of carbonyl (C=O) groups excluding carboxylic acids is 4. The van der Waals surface area contributed by atoms with Gasteiger partial charge in [0.05, 0.1) is 6.54 Å². The summed E-state index contributed by atoms with van der Waals surface area (Å²) < 4.78 is 5.45. The lowest BCUT2D eigenvalue weighted by atomic mass is 10.2. The van der Waals surface area contributed by atoms with E-state index < -0.39 is 30.3 Å². The van der Waals surface area contributed by atoms with Gasteiger partial charge in [-0.05, 0) is 25.0 Å². The summed E-state index contributed by atoms with van der Waals surface area (Å²) in [5.74, 6) is -1.59. The second-order valence-electron chi connectivity index (χ2n) is 6.30. The fourth-order valence-electron chi connectivity index (χ4n) is 3.22. The zero-order valence-corrected chi connectivity index (χ0v) is 14.3. The van der Waals surface area contributed by atoms with E-state index in [1.807, 2.05) is 18.2 Å². The summed E-state index contributed by atoms with van der Waals surface area (Å²) >= 11 is 0. The Kier molecular flexibility index (Phi) is 5.50. The van der Waals surface area contributed by atoms with Crippen LogP contribution in [-0.4, -0.2) is 59.3 Å². The highest BCUT2D eigenvalue weighted by Gasteiger charge is 2.48. The fourth-order valence-corrected chi connectivity index (χ4v) is 3.22. The molecule has 0 radical (unpaired) electrons. The highest BCUT2D eigenvalue weighted by atomic mass is 16.5. The number of hydrogen-bond acceptors (Lipinski definition) is 5. The number of urea groups is 1. The van der Waals surface area contributed by atoms with E-state index in [1.165, 1.54) is 0 Å². The van der Waals surface area contributed by atoms with Crippen LogP contribution in [0.1, 0.15) is 25.7 Å². The number of benzene rings is 1. The van der Waals surface area contributed by atoms with Gasteiger partial charge in [-0.25, -0.2) is 9.69 Å². The van der Waals surface area contributed by atoms with Crippen molar-refractivity contribution in [1.29, 1.82) is 0 Å². The van der Waals surface area contributed by atoms with E-state index in [9.17, 15) is 19.2 Å². The smallest absolute Gasteiger partial charge is 0.334 e. The quantitative estimate of drug-likeness (QED) is 0.444. The zero-order chi connectivity index (χ0) is 18.5. The lowest BCUT2D eigenvalue weighted by molar-refractivity contribution is -0.144. The van der Waals surface area contributed by atoms with Crippen LogP contribution in [-0.2, 0) is 14.4 Å². The topological polar surface area (TPSA) is 96.0 Å². The molecule has 2 fully saturated rings. The van der Waals surface area contributed by atoms with Crippen LogP contribution in [0.2, 0.25) is 0 Å². The van der Waals surface area contributed by atoms with Crippen molar-refractivity contribution in [1.82, 2.24) is 15.1 Å². The number of imide groups is 2. The van der Waals surface area contributed by atoms with Crippen LogP contribution in [0.15, 0.2) is 30.3 Å². The van der Waals surface area contributed by atoms with E-state index >= 15 is 0 Å². The predicted octanol–water partition coefficient (Wildman–Crippen LogP) is 0.915. The Morgan fingerprint density at radius 1 is 1.08 bits per heavy atom. The van der Waals surface area contributed by atoms with Gasteiger partial charge in [-0.3, -0.25) is 19.3 Å². The molecule has 0 bridgehead atoms. The number of nitrogens with zero attached hydrogens (tertiary/aromatic N) is 2. The first-order valence-corrected chi connectivity index (χ1v) is 8.71. The molecule has 138 valence electrons. The molecule has 0 aromatic heterocycles. The van der Waals surface area contributed by atoms with Crippen LogP contribution in [0.5, 0.6) is 5.75 Å². The Bertz CT molecular complexity index is 700. The SMILES string of the molecule is O=C(CN1C(=O)C(=O)N(C2CCCC2)C1=O)NCCOc1ccccc1. The standard InChI is InChI=1S/C18H21N3O5/c22-15(19-10-11-26-14-8-2-1-3-9-14)12-20-16(23)17(24)21(18(20)25)13-6-4-5-7-13/h1-3,8-9,13H,4-7,10-12H2,(H,19,22). The maximum Gasteiger partial charge on any atom is 0.334 e. The van der Waals surface area contributed by atoms with E-state index in [0.29, 0.717) is 23.5 Å². The Morgan fingerprint density at radius 3 is 2.46 bits per heavy atom. The van der Waals surface area contributed by atoms with E-state index in [2.05, 4.69) is 5.32 Å². The average molecular weight is 359 g/mol. The third-order valence-electron chi connectivity index (χ3n) is 4.51. The van der Waals surface area contributed by atoms with Crippen LogP contribution in [0, 0.1) is 0 Å². The average Bonchev–Trinajstić information content (AvgIpc) is 3.23. The van der Waals surface area contributed by atoms with Crippen molar-refractivity contribution in [3.8, 4) is 5.75 Å². The molecular formula is C18H21N3O5. The Morgan fingerprint density at radius 2 is 1.77 bits per heavy atom. The number of nitrogens with one attached hydrogen (secondary N) is 1. The minimum absolute atomic E-state index is 0.226. The highest BCUT2D eigenvalue weighted by Crippen LogP contribution is 2.27. The third-order valence-corrected chi connectivity index (χ3v) is 4.51. The van der Waals surface area contributed by atoms with E-state index in [4.69, 9.17) is 4.74 Å². The first kappa shape index (κ1) is 17.9. The fraction of sp³-hybridized carbons (Fsp3) is 0.444. The molecule has 26 heavy (non-hydrogen) atoms. The normalized spacial score (nSPS) is 17.9. The summed E-state index contributed by atoms with van der Waals surface area (Å²) in [7, 11) is 0. The predicted molar refractivity (Wildman–Crippen MR) is 91.2 cm³/mol. The zero-order valence-electron chi connectivity index (χ0n) is 14.3. The molecule has 1 saturated carbocycles. The van der Waals surface area contributed by atoms with Gasteiger partial charge in [0, 0.05) is 6.04 Å². The largest absolute Gasteiger partial charge is 0.492 e. The summed E-state index contributed by atoms with van der Waals surface area (Å²) in [5, 5.41) is 2.58. The van der Waals surface area contributed by atoms with Crippen LogP contribution in [0.4, 0.5) is 4.79 Å². The second-order valence-corrected chi connectivity index (χ2v) is 6.30. The monoisotopic (exact) mass is 359 g/mol. The number of hydrogen-bond donors (Lipinski definition) is 1. The van der Waals surface area contributed by atoms with Crippen LogP contribution < -0.4 is 10.1 Å². The minimum atomic E-state index is -0.933. The van der Waals surface area contributed by atoms with Gasteiger partial charge in [0.2, 0.25) is 5.91 Å². The molecule has 1 heterocycles. The summed E-state index contributed by atoms with van der Waals surface area (Å²) in [6.07, 6.45) is 3.28. The second kappa shape index (κ2) is 7.99. The van der Waals surface area contributed by atoms with Gasteiger partial charge in [0.15, 0.2) is 0 Å². The van der Waals surface area contributed by atoms with E-state index in [-0.39, 0.29) is 19.2 Å². The van der Waals surface area contributed by atoms with Crippen molar-refractivity contribution in [2.45, 2.75) is 31.7 Å². The van der Waals surface area contributed by atoms with Gasteiger partial charge in [-0.2, -0.15) is 0 Å². The molecule has 1 aliphatic heterocycles. The maximum absolute atomic E-state index is 12.4. The van der Waals surface area contributed by atoms with Crippen LogP contribution >= 0.6 is 0 Å². The summed E-state index contributed by atoms with van der Waals surface area (Å²) in [6, 6.07) is 8.22. The van der Waals surface area contributed by atoms with Crippen molar-refractivity contribution >= 4 is 23.8 Å². The van der Waals surface area contributed by atoms with Crippen molar-refractivity contribution in [3.63, 3.8) is 0 Å². The molecule has 1 saturated heterocycles. The Hall–Kier alpha value is -2.90. The minimum Gasteiger partial charge on any atom is -0.492 e. The molecule has 0 atom stereocenters. The molecule has 1 aliphatic carbocycles. The molecule has 5 amide bonds. The molecule has 0 unspecified atom stereocenters. The first-order valence-electron chi connectivity index (χ1n) is 8.71. The van der Waals surface area contributed by atoms with Gasteiger partial charge in [0.1, 0.15) is 18.9 Å². The third kappa shape index (κ3) is 3.84. The lowest BCUT2D eigenvalue weighted by Gasteiger charge is -2.20. The van der Waals surface area contributed by atoms with E-state index in [1.54, 1.807) is 12.1 Å². The molecule has 0 spiro atoms. The van der Waals surface area contributed by atoms with E-state index in [0.717, 1.165) is 17.7 Å². The molecule has 1 aromatic carbocycles.